The van der Waals surface area contributed by atoms with Crippen molar-refractivity contribution in [1.82, 2.24) is 25.1 Å². The van der Waals surface area contributed by atoms with E-state index in [9.17, 15) is 4.39 Å². The van der Waals surface area contributed by atoms with Gasteiger partial charge in [0.2, 0.25) is 5.95 Å². The first kappa shape index (κ1) is 20.1. The van der Waals surface area contributed by atoms with Gasteiger partial charge in [0.25, 0.3) is 0 Å². The van der Waals surface area contributed by atoms with Gasteiger partial charge in [-0.2, -0.15) is 15.1 Å². The minimum atomic E-state index is -0.138. The molecule has 4 aromatic rings. The Morgan fingerprint density at radius 2 is 1.64 bits per heavy atom. The lowest BCUT2D eigenvalue weighted by Gasteiger charge is -2.35. The molecule has 7 nitrogen and oxygen atoms in total. The van der Waals surface area contributed by atoms with Crippen LogP contribution in [0.15, 0.2) is 54.6 Å². The van der Waals surface area contributed by atoms with Gasteiger partial charge in [0, 0.05) is 57.8 Å². The summed E-state index contributed by atoms with van der Waals surface area (Å²) in [5, 5.41) is 8.67. The Balaban J connectivity index is 1.23. The second-order valence-corrected chi connectivity index (χ2v) is 8.75. The molecule has 2 aliphatic heterocycles. The Labute approximate surface area is 191 Å². The summed E-state index contributed by atoms with van der Waals surface area (Å²) in [7, 11) is 0. The van der Waals surface area contributed by atoms with Gasteiger partial charge >= 0.3 is 0 Å². The van der Waals surface area contributed by atoms with Gasteiger partial charge in [0.15, 0.2) is 5.65 Å². The lowest BCUT2D eigenvalue weighted by molar-refractivity contribution is 0.245. The molecule has 0 spiro atoms. The molecule has 6 rings (SSSR count). The Bertz CT molecular complexity index is 1260. The van der Waals surface area contributed by atoms with Crippen molar-refractivity contribution in [2.45, 2.75) is 19.5 Å². The SMILES string of the molecule is Fc1ccccc1CN1CCN(c2nc3c4c(n[nH]c4n2)CCN3Cc2ccccc2)CC1. The van der Waals surface area contributed by atoms with Crippen molar-refractivity contribution in [1.29, 1.82) is 0 Å². The van der Waals surface area contributed by atoms with Crippen LogP contribution in [-0.2, 0) is 19.5 Å². The van der Waals surface area contributed by atoms with Crippen molar-refractivity contribution < 1.29 is 4.39 Å². The van der Waals surface area contributed by atoms with E-state index in [1.54, 1.807) is 6.07 Å². The molecular weight excluding hydrogens is 417 g/mol. The van der Waals surface area contributed by atoms with E-state index in [2.05, 4.69) is 49.2 Å². The molecule has 0 radical (unpaired) electrons. The summed E-state index contributed by atoms with van der Waals surface area (Å²) >= 11 is 0. The standard InChI is InChI=1S/C25H26FN7/c26-20-9-5-4-8-19(20)17-31-12-14-32(15-13-31)25-27-23-22-21(29-30-23)10-11-33(24(22)28-25)16-18-6-2-1-3-7-18/h1-9H,10-17H2,(H,27,28,29,30). The average molecular weight is 444 g/mol. The summed E-state index contributed by atoms with van der Waals surface area (Å²) in [6, 6.07) is 17.5. The summed E-state index contributed by atoms with van der Waals surface area (Å²) in [5.74, 6) is 1.56. The quantitative estimate of drug-likeness (QED) is 0.510. The minimum absolute atomic E-state index is 0.138. The summed E-state index contributed by atoms with van der Waals surface area (Å²) in [5.41, 5.74) is 3.86. The van der Waals surface area contributed by atoms with Crippen LogP contribution in [0.2, 0.25) is 0 Å². The molecule has 0 atom stereocenters. The van der Waals surface area contributed by atoms with Crippen LogP contribution in [0.3, 0.4) is 0 Å². The van der Waals surface area contributed by atoms with Gasteiger partial charge in [-0.05, 0) is 11.6 Å². The van der Waals surface area contributed by atoms with Gasteiger partial charge in [0.1, 0.15) is 11.6 Å². The molecule has 0 amide bonds. The normalized spacial score (nSPS) is 16.5. The fraction of sp³-hybridized carbons (Fsp3) is 0.320. The van der Waals surface area contributed by atoms with Gasteiger partial charge in [-0.25, -0.2) is 4.39 Å². The first-order valence-electron chi connectivity index (χ1n) is 11.5. The third-order valence-electron chi connectivity index (χ3n) is 6.60. The first-order chi connectivity index (χ1) is 16.2. The zero-order valence-corrected chi connectivity index (χ0v) is 18.4. The third-order valence-corrected chi connectivity index (χ3v) is 6.60. The molecule has 0 saturated carbocycles. The molecule has 168 valence electrons. The molecule has 0 aliphatic carbocycles. The number of aromatic nitrogens is 4. The average Bonchev–Trinajstić information content (AvgIpc) is 3.27. The highest BCUT2D eigenvalue weighted by atomic mass is 19.1. The van der Waals surface area contributed by atoms with Gasteiger partial charge in [-0.3, -0.25) is 10.00 Å². The van der Waals surface area contributed by atoms with Gasteiger partial charge in [-0.15, -0.1) is 0 Å². The molecule has 1 saturated heterocycles. The number of piperazine rings is 1. The lowest BCUT2D eigenvalue weighted by atomic mass is 10.1. The maximum atomic E-state index is 14.0. The molecule has 2 aromatic heterocycles. The van der Waals surface area contributed by atoms with E-state index in [0.717, 1.165) is 79.7 Å². The smallest absolute Gasteiger partial charge is 0.229 e. The van der Waals surface area contributed by atoms with Crippen molar-refractivity contribution in [3.05, 3.63) is 77.2 Å². The molecule has 1 N–H and O–H groups in total. The highest BCUT2D eigenvalue weighted by Gasteiger charge is 2.27. The summed E-state index contributed by atoms with van der Waals surface area (Å²) in [4.78, 5) is 16.7. The number of benzene rings is 2. The van der Waals surface area contributed by atoms with Gasteiger partial charge < -0.3 is 9.80 Å². The number of anilines is 2. The Hall–Kier alpha value is -3.52. The predicted octanol–water partition coefficient (Wildman–Crippen LogP) is 3.38. The van der Waals surface area contributed by atoms with E-state index in [1.807, 2.05) is 18.2 Å². The number of aromatic amines is 1. The van der Waals surface area contributed by atoms with E-state index in [0.29, 0.717) is 6.54 Å². The van der Waals surface area contributed by atoms with E-state index < -0.39 is 0 Å². The number of hydrogen-bond acceptors (Lipinski definition) is 6. The molecule has 8 heteroatoms. The van der Waals surface area contributed by atoms with E-state index in [1.165, 1.54) is 11.6 Å². The van der Waals surface area contributed by atoms with Crippen LogP contribution in [0.5, 0.6) is 0 Å². The maximum absolute atomic E-state index is 14.0. The van der Waals surface area contributed by atoms with Gasteiger partial charge in [0.05, 0.1) is 11.1 Å². The fourth-order valence-electron chi connectivity index (χ4n) is 4.79. The van der Waals surface area contributed by atoms with Crippen molar-refractivity contribution in [3.8, 4) is 0 Å². The maximum Gasteiger partial charge on any atom is 0.229 e. The summed E-state index contributed by atoms with van der Waals surface area (Å²) in [6.45, 7) is 5.61. The zero-order chi connectivity index (χ0) is 22.2. The predicted molar refractivity (Wildman–Crippen MR) is 127 cm³/mol. The van der Waals surface area contributed by atoms with Crippen LogP contribution < -0.4 is 9.80 Å². The lowest BCUT2D eigenvalue weighted by Crippen LogP contribution is -2.46. The van der Waals surface area contributed by atoms with Crippen molar-refractivity contribution >= 4 is 22.8 Å². The van der Waals surface area contributed by atoms with Crippen LogP contribution in [0.4, 0.5) is 16.2 Å². The van der Waals surface area contributed by atoms with E-state index in [4.69, 9.17) is 9.97 Å². The van der Waals surface area contributed by atoms with Crippen LogP contribution in [-0.4, -0.2) is 57.8 Å². The minimum Gasteiger partial charge on any atom is -0.351 e. The monoisotopic (exact) mass is 443 g/mol. The van der Waals surface area contributed by atoms with Crippen molar-refractivity contribution in [3.63, 3.8) is 0 Å². The van der Waals surface area contributed by atoms with Crippen LogP contribution >= 0.6 is 0 Å². The molecule has 0 bridgehead atoms. The van der Waals surface area contributed by atoms with Crippen molar-refractivity contribution in [2.24, 2.45) is 0 Å². The number of nitrogens with one attached hydrogen (secondary N) is 1. The van der Waals surface area contributed by atoms with E-state index >= 15 is 0 Å². The van der Waals surface area contributed by atoms with Crippen LogP contribution in [0, 0.1) is 5.82 Å². The summed E-state index contributed by atoms with van der Waals surface area (Å²) < 4.78 is 14.0. The Morgan fingerprint density at radius 3 is 2.45 bits per heavy atom. The molecule has 33 heavy (non-hydrogen) atoms. The number of hydrogen-bond donors (Lipinski definition) is 1. The summed E-state index contributed by atoms with van der Waals surface area (Å²) in [6.07, 6.45) is 0.886. The van der Waals surface area contributed by atoms with Crippen molar-refractivity contribution in [2.75, 3.05) is 42.5 Å². The highest BCUT2D eigenvalue weighted by molar-refractivity contribution is 5.91. The molecule has 4 heterocycles. The molecule has 1 fully saturated rings. The fourth-order valence-corrected chi connectivity index (χ4v) is 4.79. The van der Waals surface area contributed by atoms with Crippen LogP contribution in [0.25, 0.3) is 11.0 Å². The highest BCUT2D eigenvalue weighted by Crippen LogP contribution is 2.33. The molecule has 2 aromatic carbocycles. The molecular formula is C25H26FN7. The molecule has 0 unspecified atom stereocenters. The Kier molecular flexibility index (Phi) is 5.14. The second-order valence-electron chi connectivity index (χ2n) is 8.75. The topological polar surface area (TPSA) is 64.2 Å². The first-order valence-corrected chi connectivity index (χ1v) is 11.5. The zero-order valence-electron chi connectivity index (χ0n) is 18.4. The van der Waals surface area contributed by atoms with E-state index in [-0.39, 0.29) is 5.82 Å². The number of H-pyrrole nitrogens is 1. The number of halogens is 1. The number of rotatable bonds is 5. The largest absolute Gasteiger partial charge is 0.351 e. The second kappa shape index (κ2) is 8.44. The molecule has 2 aliphatic rings. The van der Waals surface area contributed by atoms with Gasteiger partial charge in [-0.1, -0.05) is 48.5 Å². The number of nitrogens with zero attached hydrogens (tertiary/aromatic N) is 6. The third kappa shape index (κ3) is 3.91. The Morgan fingerprint density at radius 1 is 0.848 bits per heavy atom. The van der Waals surface area contributed by atoms with Crippen LogP contribution in [0.1, 0.15) is 16.8 Å².